The van der Waals surface area contributed by atoms with Gasteiger partial charge in [0, 0.05) is 12.7 Å². The molecule has 0 unspecified atom stereocenters. The van der Waals surface area contributed by atoms with Crippen LogP contribution in [0.25, 0.3) is 0 Å². The standard InChI is InChI=1S/C12H19BrN2O/c1-2-7-14-8-3-4-9-15-10-5-6-11(13)12(15)16/h5-6,10,14H,2-4,7-9H2,1H3. The summed E-state index contributed by atoms with van der Waals surface area (Å²) in [5.41, 5.74) is 0.0593. The Hall–Kier alpha value is -0.610. The van der Waals surface area contributed by atoms with E-state index >= 15 is 0 Å². The number of rotatable bonds is 7. The van der Waals surface area contributed by atoms with Crippen LogP contribution in [0.15, 0.2) is 27.6 Å². The number of aromatic nitrogens is 1. The first-order valence-electron chi connectivity index (χ1n) is 5.81. The van der Waals surface area contributed by atoms with E-state index in [1.807, 2.05) is 12.3 Å². The number of nitrogens with zero attached hydrogens (tertiary/aromatic N) is 1. The fraction of sp³-hybridized carbons (Fsp3) is 0.583. The molecule has 0 atom stereocenters. The van der Waals surface area contributed by atoms with Crippen LogP contribution in [-0.4, -0.2) is 17.7 Å². The van der Waals surface area contributed by atoms with Crippen LogP contribution in [0.1, 0.15) is 26.2 Å². The molecule has 0 saturated carbocycles. The maximum absolute atomic E-state index is 11.6. The van der Waals surface area contributed by atoms with Crippen molar-refractivity contribution in [2.75, 3.05) is 13.1 Å². The van der Waals surface area contributed by atoms with Gasteiger partial charge < -0.3 is 9.88 Å². The Bertz CT molecular complexity index is 362. The van der Waals surface area contributed by atoms with E-state index in [-0.39, 0.29) is 5.56 Å². The third-order valence-electron chi connectivity index (χ3n) is 2.40. The van der Waals surface area contributed by atoms with Gasteiger partial charge in [-0.1, -0.05) is 6.92 Å². The van der Waals surface area contributed by atoms with Crippen LogP contribution in [-0.2, 0) is 6.54 Å². The highest BCUT2D eigenvalue weighted by Gasteiger charge is 1.98. The van der Waals surface area contributed by atoms with Gasteiger partial charge in [0.1, 0.15) is 0 Å². The number of nitrogens with one attached hydrogen (secondary N) is 1. The summed E-state index contributed by atoms with van der Waals surface area (Å²) in [6.45, 7) is 5.08. The third kappa shape index (κ3) is 4.49. The highest BCUT2D eigenvalue weighted by molar-refractivity contribution is 9.10. The van der Waals surface area contributed by atoms with Gasteiger partial charge in [-0.05, 0) is 60.4 Å². The van der Waals surface area contributed by atoms with E-state index in [0.717, 1.165) is 32.5 Å². The topological polar surface area (TPSA) is 34.0 Å². The Balaban J connectivity index is 2.27. The van der Waals surface area contributed by atoms with E-state index < -0.39 is 0 Å². The SMILES string of the molecule is CCCNCCCCn1cccc(Br)c1=O. The van der Waals surface area contributed by atoms with Gasteiger partial charge in [-0.3, -0.25) is 4.79 Å². The number of pyridine rings is 1. The molecule has 1 aromatic heterocycles. The summed E-state index contributed by atoms with van der Waals surface area (Å²) in [7, 11) is 0. The largest absolute Gasteiger partial charge is 0.317 e. The Morgan fingerprint density at radius 3 is 2.94 bits per heavy atom. The molecule has 90 valence electrons. The van der Waals surface area contributed by atoms with Gasteiger partial charge in [-0.2, -0.15) is 0 Å². The molecule has 1 N–H and O–H groups in total. The predicted octanol–water partition coefficient (Wildman–Crippen LogP) is 2.39. The molecule has 0 aliphatic rings. The quantitative estimate of drug-likeness (QED) is 0.781. The molecule has 3 nitrogen and oxygen atoms in total. The molecular weight excluding hydrogens is 268 g/mol. The Labute approximate surface area is 105 Å². The second kappa shape index (κ2) is 7.63. The Morgan fingerprint density at radius 1 is 1.38 bits per heavy atom. The van der Waals surface area contributed by atoms with E-state index in [2.05, 4.69) is 28.2 Å². The zero-order valence-corrected chi connectivity index (χ0v) is 11.3. The average molecular weight is 287 g/mol. The first-order chi connectivity index (χ1) is 7.75. The molecule has 16 heavy (non-hydrogen) atoms. The highest BCUT2D eigenvalue weighted by Crippen LogP contribution is 2.01. The molecule has 4 heteroatoms. The first-order valence-corrected chi connectivity index (χ1v) is 6.60. The first kappa shape index (κ1) is 13.5. The number of unbranched alkanes of at least 4 members (excludes halogenated alkanes) is 1. The van der Waals surface area contributed by atoms with Gasteiger partial charge in [0.15, 0.2) is 0 Å². The molecule has 0 saturated heterocycles. The normalized spacial score (nSPS) is 10.6. The van der Waals surface area contributed by atoms with Crippen LogP contribution in [0.4, 0.5) is 0 Å². The van der Waals surface area contributed by atoms with Crippen LogP contribution >= 0.6 is 15.9 Å². The minimum atomic E-state index is 0.0593. The monoisotopic (exact) mass is 286 g/mol. The molecule has 0 bridgehead atoms. The molecule has 0 aliphatic carbocycles. The van der Waals surface area contributed by atoms with E-state index in [4.69, 9.17) is 0 Å². The minimum Gasteiger partial charge on any atom is -0.317 e. The zero-order chi connectivity index (χ0) is 11.8. The number of hydrogen-bond donors (Lipinski definition) is 1. The van der Waals surface area contributed by atoms with Crippen molar-refractivity contribution in [2.24, 2.45) is 0 Å². The van der Waals surface area contributed by atoms with E-state index in [0.29, 0.717) is 4.47 Å². The van der Waals surface area contributed by atoms with Gasteiger partial charge >= 0.3 is 0 Å². The summed E-state index contributed by atoms with van der Waals surface area (Å²) in [6, 6.07) is 3.67. The van der Waals surface area contributed by atoms with Crippen molar-refractivity contribution >= 4 is 15.9 Å². The molecule has 0 aliphatic heterocycles. The highest BCUT2D eigenvalue weighted by atomic mass is 79.9. The molecular formula is C12H19BrN2O. The molecule has 1 aromatic rings. The fourth-order valence-electron chi connectivity index (χ4n) is 1.52. The maximum Gasteiger partial charge on any atom is 0.264 e. The molecule has 1 heterocycles. The predicted molar refractivity (Wildman–Crippen MR) is 70.8 cm³/mol. The Morgan fingerprint density at radius 2 is 2.19 bits per heavy atom. The van der Waals surface area contributed by atoms with Gasteiger partial charge in [0.25, 0.3) is 5.56 Å². The number of hydrogen-bond acceptors (Lipinski definition) is 2. The molecule has 0 spiro atoms. The lowest BCUT2D eigenvalue weighted by Crippen LogP contribution is -2.21. The summed E-state index contributed by atoms with van der Waals surface area (Å²) >= 11 is 3.24. The van der Waals surface area contributed by atoms with Crippen molar-refractivity contribution in [2.45, 2.75) is 32.7 Å². The van der Waals surface area contributed by atoms with Crippen molar-refractivity contribution in [3.8, 4) is 0 Å². The average Bonchev–Trinajstić information content (AvgIpc) is 2.29. The summed E-state index contributed by atoms with van der Waals surface area (Å²) in [6.07, 6.45) is 5.16. The Kier molecular flexibility index (Phi) is 6.42. The van der Waals surface area contributed by atoms with Crippen molar-refractivity contribution in [3.63, 3.8) is 0 Å². The van der Waals surface area contributed by atoms with Crippen LogP contribution in [0.5, 0.6) is 0 Å². The summed E-state index contributed by atoms with van der Waals surface area (Å²) in [5, 5.41) is 3.35. The smallest absolute Gasteiger partial charge is 0.264 e. The van der Waals surface area contributed by atoms with Crippen LogP contribution < -0.4 is 10.9 Å². The van der Waals surface area contributed by atoms with Gasteiger partial charge in [0.05, 0.1) is 4.47 Å². The van der Waals surface area contributed by atoms with Crippen LogP contribution in [0.2, 0.25) is 0 Å². The number of aryl methyl sites for hydroxylation is 1. The maximum atomic E-state index is 11.6. The summed E-state index contributed by atoms with van der Waals surface area (Å²) in [5.74, 6) is 0. The fourth-order valence-corrected chi connectivity index (χ4v) is 1.90. The summed E-state index contributed by atoms with van der Waals surface area (Å²) in [4.78, 5) is 11.6. The van der Waals surface area contributed by atoms with Gasteiger partial charge in [-0.25, -0.2) is 0 Å². The van der Waals surface area contributed by atoms with E-state index in [9.17, 15) is 4.79 Å². The van der Waals surface area contributed by atoms with E-state index in [1.165, 1.54) is 6.42 Å². The third-order valence-corrected chi connectivity index (χ3v) is 3.01. The number of halogens is 1. The lowest BCUT2D eigenvalue weighted by Gasteiger charge is -2.06. The second-order valence-corrected chi connectivity index (χ2v) is 4.67. The van der Waals surface area contributed by atoms with Crippen molar-refractivity contribution in [3.05, 3.63) is 33.2 Å². The van der Waals surface area contributed by atoms with Gasteiger partial charge in [0.2, 0.25) is 0 Å². The molecule has 0 aromatic carbocycles. The second-order valence-electron chi connectivity index (χ2n) is 3.81. The zero-order valence-electron chi connectivity index (χ0n) is 9.71. The van der Waals surface area contributed by atoms with E-state index in [1.54, 1.807) is 10.6 Å². The minimum absolute atomic E-state index is 0.0593. The molecule has 1 rings (SSSR count). The van der Waals surface area contributed by atoms with Crippen LogP contribution in [0.3, 0.4) is 0 Å². The molecule has 0 radical (unpaired) electrons. The van der Waals surface area contributed by atoms with Crippen molar-refractivity contribution < 1.29 is 0 Å². The van der Waals surface area contributed by atoms with Crippen molar-refractivity contribution in [1.82, 2.24) is 9.88 Å². The lowest BCUT2D eigenvalue weighted by molar-refractivity contribution is 0.557. The summed E-state index contributed by atoms with van der Waals surface area (Å²) < 4.78 is 2.39. The molecule has 0 fully saturated rings. The van der Waals surface area contributed by atoms with Gasteiger partial charge in [-0.15, -0.1) is 0 Å². The molecule has 0 amide bonds. The van der Waals surface area contributed by atoms with Crippen LogP contribution in [0, 0.1) is 0 Å². The lowest BCUT2D eigenvalue weighted by atomic mass is 10.3. The van der Waals surface area contributed by atoms with Crippen molar-refractivity contribution in [1.29, 1.82) is 0 Å².